The van der Waals surface area contributed by atoms with Crippen LogP contribution in [0.3, 0.4) is 0 Å². The molecule has 1 aromatic heterocycles. The summed E-state index contributed by atoms with van der Waals surface area (Å²) in [5, 5.41) is 7.70. The molecule has 0 saturated heterocycles. The molecular formula is C10H18N4O. The lowest BCUT2D eigenvalue weighted by atomic mass is 10.1. The van der Waals surface area contributed by atoms with E-state index < -0.39 is 5.91 Å². The first-order chi connectivity index (χ1) is 7.06. The highest BCUT2D eigenvalue weighted by molar-refractivity contribution is 5.91. The predicted molar refractivity (Wildman–Crippen MR) is 57.4 cm³/mol. The number of carbonyl (C=O) groups excluding carboxylic acids is 1. The molecule has 0 aliphatic rings. The van der Waals surface area contributed by atoms with Crippen LogP contribution in [0.4, 0.5) is 0 Å². The zero-order chi connectivity index (χ0) is 11.4. The minimum absolute atomic E-state index is 0.317. The number of rotatable bonds is 5. The molecule has 0 bridgehead atoms. The largest absolute Gasteiger partial charge is 0.364 e. The van der Waals surface area contributed by atoms with Crippen molar-refractivity contribution in [1.82, 2.24) is 15.0 Å². The molecule has 2 N–H and O–H groups in total. The molecule has 15 heavy (non-hydrogen) atoms. The molecular weight excluding hydrogens is 192 g/mol. The summed E-state index contributed by atoms with van der Waals surface area (Å²) in [6, 6.07) is 0. The fraction of sp³-hybridized carbons (Fsp3) is 0.700. The molecule has 0 aliphatic carbocycles. The Balaban J connectivity index is 2.90. The quantitative estimate of drug-likeness (QED) is 0.787. The first kappa shape index (κ1) is 11.7. The van der Waals surface area contributed by atoms with Gasteiger partial charge in [0.15, 0.2) is 5.69 Å². The van der Waals surface area contributed by atoms with Crippen molar-refractivity contribution < 1.29 is 4.79 Å². The summed E-state index contributed by atoms with van der Waals surface area (Å²) in [7, 11) is 0. The van der Waals surface area contributed by atoms with Crippen molar-refractivity contribution in [1.29, 1.82) is 0 Å². The van der Waals surface area contributed by atoms with E-state index in [-0.39, 0.29) is 0 Å². The minimum atomic E-state index is -0.492. The molecule has 1 heterocycles. The van der Waals surface area contributed by atoms with Crippen molar-refractivity contribution in [3.63, 3.8) is 0 Å². The molecule has 0 aliphatic heterocycles. The second-order valence-electron chi connectivity index (χ2n) is 4.00. The van der Waals surface area contributed by atoms with Crippen molar-refractivity contribution in [2.24, 2.45) is 11.7 Å². The Hall–Kier alpha value is -1.39. The molecule has 1 amide bonds. The van der Waals surface area contributed by atoms with Gasteiger partial charge >= 0.3 is 0 Å². The van der Waals surface area contributed by atoms with Gasteiger partial charge in [0.25, 0.3) is 5.91 Å². The summed E-state index contributed by atoms with van der Waals surface area (Å²) in [5.74, 6) is 0.0967. The van der Waals surface area contributed by atoms with Gasteiger partial charge in [-0.1, -0.05) is 19.1 Å². The van der Waals surface area contributed by atoms with Crippen molar-refractivity contribution in [3.8, 4) is 0 Å². The maximum Gasteiger partial charge on any atom is 0.271 e. The van der Waals surface area contributed by atoms with Crippen LogP contribution in [-0.4, -0.2) is 20.9 Å². The molecule has 0 saturated carbocycles. The van der Waals surface area contributed by atoms with Gasteiger partial charge in [0.2, 0.25) is 0 Å². The van der Waals surface area contributed by atoms with Gasteiger partial charge < -0.3 is 5.73 Å². The molecule has 1 rings (SSSR count). The van der Waals surface area contributed by atoms with E-state index >= 15 is 0 Å². The first-order valence-electron chi connectivity index (χ1n) is 5.28. The first-order valence-corrected chi connectivity index (χ1v) is 5.28. The number of nitrogens with two attached hydrogens (primary N) is 1. The third kappa shape index (κ3) is 2.78. The van der Waals surface area contributed by atoms with E-state index in [1.807, 2.05) is 6.92 Å². The van der Waals surface area contributed by atoms with Gasteiger partial charge in [-0.05, 0) is 25.7 Å². The summed E-state index contributed by atoms with van der Waals surface area (Å²) < 4.78 is 1.74. The molecule has 0 fully saturated rings. The van der Waals surface area contributed by atoms with Crippen LogP contribution < -0.4 is 5.73 Å². The monoisotopic (exact) mass is 210 g/mol. The van der Waals surface area contributed by atoms with Crippen molar-refractivity contribution in [2.45, 2.75) is 40.2 Å². The summed E-state index contributed by atoms with van der Waals surface area (Å²) in [4.78, 5) is 11.1. The number of carbonyl (C=O) groups is 1. The van der Waals surface area contributed by atoms with E-state index in [1.54, 1.807) is 4.68 Å². The van der Waals surface area contributed by atoms with Gasteiger partial charge in [-0.15, -0.1) is 5.10 Å². The molecule has 0 radical (unpaired) electrons. The molecule has 0 aromatic carbocycles. The Morgan fingerprint density at radius 3 is 2.67 bits per heavy atom. The Morgan fingerprint density at radius 1 is 1.53 bits per heavy atom. The summed E-state index contributed by atoms with van der Waals surface area (Å²) in [6.07, 6.45) is 1.81. The second-order valence-corrected chi connectivity index (χ2v) is 4.00. The Labute approximate surface area is 89.6 Å². The van der Waals surface area contributed by atoms with E-state index in [0.717, 1.165) is 18.5 Å². The van der Waals surface area contributed by atoms with Gasteiger partial charge in [0.1, 0.15) is 0 Å². The van der Waals surface area contributed by atoms with Crippen molar-refractivity contribution in [3.05, 3.63) is 11.4 Å². The van der Waals surface area contributed by atoms with Crippen LogP contribution in [0.5, 0.6) is 0 Å². The van der Waals surface area contributed by atoms with E-state index in [0.29, 0.717) is 18.2 Å². The maximum atomic E-state index is 11.1. The van der Waals surface area contributed by atoms with E-state index in [1.165, 1.54) is 0 Å². The number of amides is 1. The molecule has 5 heteroatoms. The standard InChI is InChI=1S/C10H18N4O/c1-4-14-8(6-5-7(2)3)9(10(11)15)12-13-14/h7H,4-6H2,1-3H3,(H2,11,15). The second kappa shape index (κ2) is 4.91. The molecule has 1 aromatic rings. The lowest BCUT2D eigenvalue weighted by molar-refractivity contribution is 0.0994. The Morgan fingerprint density at radius 2 is 2.20 bits per heavy atom. The molecule has 0 atom stereocenters. The van der Waals surface area contributed by atoms with Crippen LogP contribution in [0.1, 0.15) is 43.4 Å². The third-order valence-corrected chi connectivity index (χ3v) is 2.33. The smallest absolute Gasteiger partial charge is 0.271 e. The van der Waals surface area contributed by atoms with Crippen LogP contribution in [0.2, 0.25) is 0 Å². The van der Waals surface area contributed by atoms with Crippen molar-refractivity contribution in [2.75, 3.05) is 0 Å². The van der Waals surface area contributed by atoms with Crippen LogP contribution in [-0.2, 0) is 13.0 Å². The van der Waals surface area contributed by atoms with Gasteiger partial charge in [0, 0.05) is 6.54 Å². The molecule has 5 nitrogen and oxygen atoms in total. The number of aryl methyl sites for hydroxylation is 1. The lowest BCUT2D eigenvalue weighted by Crippen LogP contribution is -2.15. The van der Waals surface area contributed by atoms with E-state index in [4.69, 9.17) is 5.73 Å². The molecule has 84 valence electrons. The topological polar surface area (TPSA) is 73.8 Å². The van der Waals surface area contributed by atoms with Gasteiger partial charge in [0.05, 0.1) is 5.69 Å². The predicted octanol–water partition coefficient (Wildman–Crippen LogP) is 0.985. The summed E-state index contributed by atoms with van der Waals surface area (Å²) >= 11 is 0. The zero-order valence-electron chi connectivity index (χ0n) is 9.53. The highest BCUT2D eigenvalue weighted by Crippen LogP contribution is 2.11. The van der Waals surface area contributed by atoms with Crippen LogP contribution >= 0.6 is 0 Å². The maximum absolute atomic E-state index is 11.1. The highest BCUT2D eigenvalue weighted by atomic mass is 16.1. The van der Waals surface area contributed by atoms with E-state index in [2.05, 4.69) is 24.2 Å². The van der Waals surface area contributed by atoms with Gasteiger partial charge in [-0.2, -0.15) is 0 Å². The Kier molecular flexibility index (Phi) is 3.82. The summed E-state index contributed by atoms with van der Waals surface area (Å²) in [6.45, 7) is 6.97. The average molecular weight is 210 g/mol. The lowest BCUT2D eigenvalue weighted by Gasteiger charge is -2.06. The molecule has 0 unspecified atom stereocenters. The van der Waals surface area contributed by atoms with Crippen molar-refractivity contribution >= 4 is 5.91 Å². The van der Waals surface area contributed by atoms with E-state index in [9.17, 15) is 4.79 Å². The Bertz CT molecular complexity index is 343. The number of aromatic nitrogens is 3. The van der Waals surface area contributed by atoms with Crippen LogP contribution in [0.15, 0.2) is 0 Å². The van der Waals surface area contributed by atoms with Gasteiger partial charge in [-0.25, -0.2) is 4.68 Å². The third-order valence-electron chi connectivity index (χ3n) is 2.33. The number of nitrogens with zero attached hydrogens (tertiary/aromatic N) is 3. The number of primary amides is 1. The highest BCUT2D eigenvalue weighted by Gasteiger charge is 2.16. The number of hydrogen-bond acceptors (Lipinski definition) is 3. The van der Waals surface area contributed by atoms with Gasteiger partial charge in [-0.3, -0.25) is 4.79 Å². The normalized spacial score (nSPS) is 10.9. The average Bonchev–Trinajstić information content (AvgIpc) is 2.57. The SMILES string of the molecule is CCn1nnc(C(N)=O)c1CCC(C)C. The molecule has 0 spiro atoms. The minimum Gasteiger partial charge on any atom is -0.364 e. The zero-order valence-corrected chi connectivity index (χ0v) is 9.53. The van der Waals surface area contributed by atoms with Crippen LogP contribution in [0.25, 0.3) is 0 Å². The fourth-order valence-electron chi connectivity index (χ4n) is 1.45. The number of hydrogen-bond donors (Lipinski definition) is 1. The van der Waals surface area contributed by atoms with Crippen LogP contribution in [0, 0.1) is 5.92 Å². The fourth-order valence-corrected chi connectivity index (χ4v) is 1.45. The summed E-state index contributed by atoms with van der Waals surface area (Å²) in [5.41, 5.74) is 6.41.